The molecule has 0 atom stereocenters. The van der Waals surface area contributed by atoms with Gasteiger partial charge in [-0.1, -0.05) is 12.1 Å². The topological polar surface area (TPSA) is 141 Å². The number of anilines is 1. The normalized spacial score (nSPS) is 17.5. The maximum Gasteiger partial charge on any atom is 0.262 e. The largest absolute Gasteiger partial charge is 0.351 e. The molecule has 6 rings (SSSR count). The minimum absolute atomic E-state index is 0.0132. The second-order valence-corrected chi connectivity index (χ2v) is 13.5. The lowest BCUT2D eigenvalue weighted by Gasteiger charge is -2.32. The van der Waals surface area contributed by atoms with Crippen LogP contribution >= 0.6 is 0 Å². The van der Waals surface area contributed by atoms with Crippen molar-refractivity contribution in [3.8, 4) is 23.0 Å². The molecule has 2 saturated heterocycles. The van der Waals surface area contributed by atoms with E-state index in [1.807, 2.05) is 10.9 Å². The number of sulfonamides is 1. The fourth-order valence-corrected chi connectivity index (χ4v) is 7.18. The number of imidazole rings is 1. The molecule has 0 radical (unpaired) electrons. The molecule has 2 fully saturated rings. The summed E-state index contributed by atoms with van der Waals surface area (Å²) < 4.78 is 30.8. The van der Waals surface area contributed by atoms with E-state index in [0.29, 0.717) is 48.7 Å². The fraction of sp³-hybridized carbons (Fsp3) is 0.433. The van der Waals surface area contributed by atoms with Gasteiger partial charge in [-0.05, 0) is 44.0 Å². The predicted octanol–water partition coefficient (Wildman–Crippen LogP) is 2.26. The van der Waals surface area contributed by atoms with Crippen LogP contribution in [0.25, 0.3) is 16.9 Å². The van der Waals surface area contributed by atoms with E-state index in [2.05, 4.69) is 73.4 Å². The number of nitrogens with zero attached hydrogens (tertiary/aromatic N) is 10. The highest BCUT2D eigenvalue weighted by molar-refractivity contribution is 7.89. The van der Waals surface area contributed by atoms with E-state index >= 15 is 0 Å². The third-order valence-corrected chi connectivity index (χ3v) is 10.1. The zero-order valence-electron chi connectivity index (χ0n) is 25.3. The van der Waals surface area contributed by atoms with E-state index in [0.717, 1.165) is 44.0 Å². The molecule has 13 nitrogen and oxygen atoms in total. The van der Waals surface area contributed by atoms with Crippen molar-refractivity contribution in [1.82, 2.24) is 43.4 Å². The Labute approximate surface area is 257 Å². The average Bonchev–Trinajstić information content (AvgIpc) is 3.69. The molecule has 0 saturated carbocycles. The van der Waals surface area contributed by atoms with Crippen LogP contribution in [0.1, 0.15) is 29.5 Å². The smallest absolute Gasteiger partial charge is 0.262 e. The number of nitriles is 1. The lowest BCUT2D eigenvalue weighted by molar-refractivity contribution is 0.148. The van der Waals surface area contributed by atoms with Crippen LogP contribution in [-0.2, 0) is 23.6 Å². The lowest BCUT2D eigenvalue weighted by atomic mass is 10.1. The Morgan fingerprint density at radius 2 is 1.80 bits per heavy atom. The first kappa shape index (κ1) is 29.9. The van der Waals surface area contributed by atoms with Gasteiger partial charge in [0, 0.05) is 76.9 Å². The van der Waals surface area contributed by atoms with Gasteiger partial charge in [-0.25, -0.2) is 28.1 Å². The summed E-state index contributed by atoms with van der Waals surface area (Å²) in [7, 11) is 0.278. The van der Waals surface area contributed by atoms with Crippen LogP contribution < -0.4 is 5.32 Å². The summed E-state index contributed by atoms with van der Waals surface area (Å²) in [6, 6.07) is 8.65. The summed E-state index contributed by atoms with van der Waals surface area (Å²) in [6.07, 6.45) is 9.29. The SMILES string of the molecule is Cc1cc(CN2CCN(C)CC2)ccc1-n1cc(-c2nc(NC3CCN(S(=O)(=O)c4cn(C)cn4)CC3)ncc2C#N)cn1. The minimum Gasteiger partial charge on any atom is -0.351 e. The van der Waals surface area contributed by atoms with Gasteiger partial charge >= 0.3 is 0 Å². The number of hydrogen-bond donors (Lipinski definition) is 1. The molecular weight excluding hydrogens is 578 g/mol. The van der Waals surface area contributed by atoms with Crippen LogP contribution in [0.15, 0.2) is 54.3 Å². The Bertz CT molecular complexity index is 1780. The van der Waals surface area contributed by atoms with Crippen molar-refractivity contribution in [3.05, 3.63) is 66.0 Å². The van der Waals surface area contributed by atoms with Gasteiger partial charge in [0.1, 0.15) is 6.07 Å². The van der Waals surface area contributed by atoms with Gasteiger partial charge in [-0.3, -0.25) is 4.90 Å². The Morgan fingerprint density at radius 1 is 1.02 bits per heavy atom. The third-order valence-electron chi connectivity index (χ3n) is 8.35. The molecular formula is C30H37N11O2S. The summed E-state index contributed by atoms with van der Waals surface area (Å²) in [6.45, 7) is 8.07. The number of hydrogen-bond acceptors (Lipinski definition) is 10. The number of likely N-dealkylation sites (N-methyl/N-ethyl adjacent to an activating group) is 1. The van der Waals surface area contributed by atoms with Crippen molar-refractivity contribution in [2.24, 2.45) is 7.05 Å². The van der Waals surface area contributed by atoms with Crippen molar-refractivity contribution in [2.75, 3.05) is 51.6 Å². The molecule has 14 heteroatoms. The fourth-order valence-electron chi connectivity index (χ4n) is 5.74. The molecule has 0 bridgehead atoms. The highest BCUT2D eigenvalue weighted by Crippen LogP contribution is 2.26. The maximum atomic E-state index is 12.9. The van der Waals surface area contributed by atoms with Crippen molar-refractivity contribution in [2.45, 2.75) is 37.4 Å². The standard InChI is InChI=1S/C30H37N11O2S/c1-22-14-23(18-39-12-10-37(2)11-13-39)4-5-27(22)41-19-25(17-34-41)29-24(15-31)16-32-30(36-29)35-26-6-8-40(9-7-26)44(42,43)28-20-38(3)21-33-28/h4-5,14,16-17,19-21,26H,6-13,18H2,1-3H3,(H,32,35,36). The van der Waals surface area contributed by atoms with Crippen molar-refractivity contribution < 1.29 is 8.42 Å². The number of benzene rings is 1. The molecule has 2 aliphatic rings. The monoisotopic (exact) mass is 615 g/mol. The molecule has 2 aliphatic heterocycles. The highest BCUT2D eigenvalue weighted by Gasteiger charge is 2.31. The molecule has 4 aromatic rings. The first-order valence-corrected chi connectivity index (χ1v) is 16.2. The lowest BCUT2D eigenvalue weighted by Crippen LogP contribution is -2.43. The van der Waals surface area contributed by atoms with E-state index in [4.69, 9.17) is 0 Å². The van der Waals surface area contributed by atoms with Gasteiger partial charge in [0.15, 0.2) is 5.03 Å². The van der Waals surface area contributed by atoms with Crippen LogP contribution in [0.4, 0.5) is 5.95 Å². The average molecular weight is 616 g/mol. The van der Waals surface area contributed by atoms with Gasteiger partial charge in [-0.2, -0.15) is 14.7 Å². The third kappa shape index (κ3) is 6.36. The second kappa shape index (κ2) is 12.4. The van der Waals surface area contributed by atoms with E-state index < -0.39 is 10.0 Å². The number of aryl methyl sites for hydroxylation is 2. The molecule has 3 aromatic heterocycles. The van der Waals surface area contributed by atoms with Gasteiger partial charge < -0.3 is 14.8 Å². The minimum atomic E-state index is -3.63. The van der Waals surface area contributed by atoms with E-state index in [-0.39, 0.29) is 11.1 Å². The van der Waals surface area contributed by atoms with Crippen molar-refractivity contribution in [3.63, 3.8) is 0 Å². The van der Waals surface area contributed by atoms with Crippen LogP contribution in [0.3, 0.4) is 0 Å². The van der Waals surface area contributed by atoms with Gasteiger partial charge in [-0.15, -0.1) is 0 Å². The molecule has 0 unspecified atom stereocenters. The van der Waals surface area contributed by atoms with E-state index in [1.165, 1.54) is 28.6 Å². The Hall–Kier alpha value is -4.16. The molecule has 230 valence electrons. The molecule has 1 aromatic carbocycles. The number of rotatable bonds is 8. The summed E-state index contributed by atoms with van der Waals surface area (Å²) in [4.78, 5) is 17.9. The van der Waals surface area contributed by atoms with Crippen molar-refractivity contribution in [1.29, 1.82) is 5.26 Å². The van der Waals surface area contributed by atoms with Crippen molar-refractivity contribution >= 4 is 16.0 Å². The molecule has 0 amide bonds. The summed E-state index contributed by atoms with van der Waals surface area (Å²) >= 11 is 0. The van der Waals surface area contributed by atoms with E-state index in [9.17, 15) is 13.7 Å². The Balaban J connectivity index is 1.13. The Kier molecular flexibility index (Phi) is 8.46. The van der Waals surface area contributed by atoms with Gasteiger partial charge in [0.2, 0.25) is 5.95 Å². The number of aromatic nitrogens is 6. The zero-order chi connectivity index (χ0) is 30.8. The molecule has 0 spiro atoms. The molecule has 0 aliphatic carbocycles. The van der Waals surface area contributed by atoms with E-state index in [1.54, 1.807) is 17.8 Å². The summed E-state index contributed by atoms with van der Waals surface area (Å²) in [5.41, 5.74) is 4.93. The Morgan fingerprint density at radius 3 is 2.48 bits per heavy atom. The summed E-state index contributed by atoms with van der Waals surface area (Å²) in [5.74, 6) is 0.391. The zero-order valence-corrected chi connectivity index (χ0v) is 26.1. The second-order valence-electron chi connectivity index (χ2n) is 11.6. The molecule has 44 heavy (non-hydrogen) atoms. The number of nitrogens with one attached hydrogen (secondary N) is 1. The summed E-state index contributed by atoms with van der Waals surface area (Å²) in [5, 5.41) is 17.8. The number of piperidine rings is 1. The van der Waals surface area contributed by atoms with Crippen LogP contribution in [0, 0.1) is 18.3 Å². The van der Waals surface area contributed by atoms with Crippen LogP contribution in [-0.4, -0.2) is 104 Å². The van der Waals surface area contributed by atoms with Gasteiger partial charge in [0.25, 0.3) is 10.0 Å². The predicted molar refractivity (Wildman–Crippen MR) is 165 cm³/mol. The first-order chi connectivity index (χ1) is 21.2. The van der Waals surface area contributed by atoms with Gasteiger partial charge in [0.05, 0.1) is 35.7 Å². The van der Waals surface area contributed by atoms with Crippen LogP contribution in [0.5, 0.6) is 0 Å². The first-order valence-electron chi connectivity index (χ1n) is 14.8. The number of piperazine rings is 1. The van der Waals surface area contributed by atoms with Crippen LogP contribution in [0.2, 0.25) is 0 Å². The quantitative estimate of drug-likeness (QED) is 0.314. The molecule has 5 heterocycles. The highest BCUT2D eigenvalue weighted by atomic mass is 32.2. The maximum absolute atomic E-state index is 12.9. The molecule has 1 N–H and O–H groups in total.